The largest absolute Gasteiger partial charge is 0.497 e. The molecule has 0 fully saturated rings. The quantitative estimate of drug-likeness (QED) is 0.797. The first kappa shape index (κ1) is 10.9. The van der Waals surface area contributed by atoms with Crippen LogP contribution in [0.4, 0.5) is 0 Å². The van der Waals surface area contributed by atoms with E-state index in [1.807, 2.05) is 6.07 Å². The highest BCUT2D eigenvalue weighted by atomic mass is 16.5. The van der Waals surface area contributed by atoms with Crippen LogP contribution in [0, 0.1) is 11.3 Å². The second-order valence-corrected chi connectivity index (χ2v) is 2.69. The lowest BCUT2D eigenvalue weighted by Crippen LogP contribution is -2.09. The van der Waals surface area contributed by atoms with Crippen molar-refractivity contribution in [3.05, 3.63) is 23.8 Å². The van der Waals surface area contributed by atoms with Crippen LogP contribution in [0.5, 0.6) is 11.5 Å². The first-order valence-electron chi connectivity index (χ1n) is 4.09. The molecule has 1 rings (SSSR count). The summed E-state index contributed by atoms with van der Waals surface area (Å²) in [5.41, 5.74) is 0.356. The Kier molecular flexibility index (Phi) is 3.52. The zero-order valence-corrected chi connectivity index (χ0v) is 8.06. The summed E-state index contributed by atoms with van der Waals surface area (Å²) >= 11 is 0. The summed E-state index contributed by atoms with van der Waals surface area (Å²) in [7, 11) is 1.46. The average Bonchev–Trinajstić information content (AvgIpc) is 2.25. The van der Waals surface area contributed by atoms with Gasteiger partial charge in [0, 0.05) is 6.07 Å². The van der Waals surface area contributed by atoms with Crippen molar-refractivity contribution in [1.29, 1.82) is 5.26 Å². The lowest BCUT2D eigenvalue weighted by Gasteiger charge is -2.06. The van der Waals surface area contributed by atoms with Crippen LogP contribution in [0.2, 0.25) is 0 Å². The van der Waals surface area contributed by atoms with Gasteiger partial charge in [-0.15, -0.1) is 0 Å². The van der Waals surface area contributed by atoms with Crippen LogP contribution in [0.25, 0.3) is 0 Å². The molecule has 0 aliphatic rings. The van der Waals surface area contributed by atoms with Crippen molar-refractivity contribution in [3.8, 4) is 17.6 Å². The molecule has 5 heteroatoms. The number of benzene rings is 1. The number of methoxy groups -OCH3 is 1. The van der Waals surface area contributed by atoms with Crippen molar-refractivity contribution < 1.29 is 19.4 Å². The third kappa shape index (κ3) is 3.19. The van der Waals surface area contributed by atoms with Gasteiger partial charge in [0.15, 0.2) is 6.61 Å². The molecule has 0 aromatic heterocycles. The highest BCUT2D eigenvalue weighted by Crippen LogP contribution is 2.22. The number of hydrogen-bond donors (Lipinski definition) is 1. The summed E-state index contributed by atoms with van der Waals surface area (Å²) in [6.45, 7) is -0.446. The molecule has 0 aliphatic heterocycles. The maximum atomic E-state index is 10.3. The van der Waals surface area contributed by atoms with E-state index in [2.05, 4.69) is 0 Å². The summed E-state index contributed by atoms with van der Waals surface area (Å²) in [5.74, 6) is -0.320. The van der Waals surface area contributed by atoms with Gasteiger partial charge in [0.2, 0.25) is 0 Å². The third-order valence-corrected chi connectivity index (χ3v) is 1.61. The van der Waals surface area contributed by atoms with Crippen LogP contribution in [0.3, 0.4) is 0 Å². The fourth-order valence-corrected chi connectivity index (χ4v) is 0.983. The van der Waals surface area contributed by atoms with Gasteiger partial charge in [-0.2, -0.15) is 5.26 Å². The summed E-state index contributed by atoms with van der Waals surface area (Å²) < 4.78 is 9.85. The number of carbonyl (C=O) groups is 1. The van der Waals surface area contributed by atoms with Crippen LogP contribution < -0.4 is 9.47 Å². The Balaban J connectivity index is 2.88. The van der Waals surface area contributed by atoms with Crippen LogP contribution in [0.1, 0.15) is 5.56 Å². The fourth-order valence-electron chi connectivity index (χ4n) is 0.983. The van der Waals surface area contributed by atoms with Crippen molar-refractivity contribution in [2.75, 3.05) is 13.7 Å². The van der Waals surface area contributed by atoms with E-state index in [-0.39, 0.29) is 0 Å². The zero-order chi connectivity index (χ0) is 11.3. The Morgan fingerprint density at radius 3 is 2.67 bits per heavy atom. The monoisotopic (exact) mass is 207 g/mol. The molecule has 0 saturated carbocycles. The Morgan fingerprint density at radius 2 is 2.13 bits per heavy atom. The van der Waals surface area contributed by atoms with Crippen molar-refractivity contribution >= 4 is 5.97 Å². The minimum absolute atomic E-state index is 0.299. The number of carboxylic acid groups (broad SMARTS) is 1. The maximum Gasteiger partial charge on any atom is 0.341 e. The van der Waals surface area contributed by atoms with E-state index in [1.165, 1.54) is 25.3 Å². The number of rotatable bonds is 4. The Bertz CT molecular complexity index is 408. The van der Waals surface area contributed by atoms with E-state index in [0.717, 1.165) is 0 Å². The molecule has 0 saturated heterocycles. The molecule has 0 heterocycles. The van der Waals surface area contributed by atoms with Crippen molar-refractivity contribution in [1.82, 2.24) is 0 Å². The van der Waals surface area contributed by atoms with Crippen LogP contribution in [-0.2, 0) is 4.79 Å². The molecule has 1 aromatic rings. The standard InChI is InChI=1S/C10H9NO4/c1-14-8-2-7(5-11)3-9(4-8)15-6-10(12)13/h2-4H,6H2,1H3,(H,12,13). The molecule has 1 aromatic carbocycles. The number of hydrogen-bond acceptors (Lipinski definition) is 4. The Hall–Kier alpha value is -2.22. The predicted molar refractivity (Wildman–Crippen MR) is 50.8 cm³/mol. The summed E-state index contributed by atoms with van der Waals surface area (Å²) in [4.78, 5) is 10.3. The second kappa shape index (κ2) is 4.86. The highest BCUT2D eigenvalue weighted by molar-refractivity contribution is 5.68. The second-order valence-electron chi connectivity index (χ2n) is 2.69. The lowest BCUT2D eigenvalue weighted by molar-refractivity contribution is -0.139. The van der Waals surface area contributed by atoms with Gasteiger partial charge < -0.3 is 14.6 Å². The smallest absolute Gasteiger partial charge is 0.341 e. The van der Waals surface area contributed by atoms with Gasteiger partial charge in [-0.25, -0.2) is 4.79 Å². The van der Waals surface area contributed by atoms with E-state index in [0.29, 0.717) is 17.1 Å². The molecular weight excluding hydrogens is 198 g/mol. The number of carboxylic acids is 1. The van der Waals surface area contributed by atoms with E-state index in [1.54, 1.807) is 0 Å². The molecule has 78 valence electrons. The maximum absolute atomic E-state index is 10.3. The molecule has 0 radical (unpaired) electrons. The molecule has 0 spiro atoms. The first-order chi connectivity index (χ1) is 7.15. The number of nitriles is 1. The Morgan fingerprint density at radius 1 is 1.47 bits per heavy atom. The molecule has 5 nitrogen and oxygen atoms in total. The van der Waals surface area contributed by atoms with Gasteiger partial charge in [0.1, 0.15) is 11.5 Å². The SMILES string of the molecule is COc1cc(C#N)cc(OCC(=O)O)c1. The average molecular weight is 207 g/mol. The highest BCUT2D eigenvalue weighted by Gasteiger charge is 2.04. The van der Waals surface area contributed by atoms with Crippen LogP contribution >= 0.6 is 0 Å². The molecule has 0 amide bonds. The van der Waals surface area contributed by atoms with Gasteiger partial charge in [-0.1, -0.05) is 0 Å². The normalized spacial score (nSPS) is 9.07. The van der Waals surface area contributed by atoms with Crippen molar-refractivity contribution in [2.24, 2.45) is 0 Å². The lowest BCUT2D eigenvalue weighted by atomic mass is 10.2. The minimum Gasteiger partial charge on any atom is -0.497 e. The number of ether oxygens (including phenoxy) is 2. The van der Waals surface area contributed by atoms with Crippen LogP contribution in [-0.4, -0.2) is 24.8 Å². The van der Waals surface area contributed by atoms with E-state index in [4.69, 9.17) is 19.8 Å². The summed E-state index contributed by atoms with van der Waals surface area (Å²) in [6.07, 6.45) is 0. The van der Waals surface area contributed by atoms with Gasteiger partial charge in [-0.05, 0) is 12.1 Å². The molecule has 1 N–H and O–H groups in total. The third-order valence-electron chi connectivity index (χ3n) is 1.61. The predicted octanol–water partition coefficient (Wildman–Crippen LogP) is 1.03. The number of aliphatic carboxylic acids is 1. The van der Waals surface area contributed by atoms with E-state index >= 15 is 0 Å². The number of nitrogens with zero attached hydrogens (tertiary/aromatic N) is 1. The van der Waals surface area contributed by atoms with Crippen molar-refractivity contribution in [3.63, 3.8) is 0 Å². The first-order valence-corrected chi connectivity index (χ1v) is 4.09. The van der Waals surface area contributed by atoms with Gasteiger partial charge in [-0.3, -0.25) is 0 Å². The molecule has 0 aliphatic carbocycles. The molecule has 15 heavy (non-hydrogen) atoms. The summed E-state index contributed by atoms with van der Waals surface area (Å²) in [6, 6.07) is 6.43. The fraction of sp³-hybridized carbons (Fsp3) is 0.200. The summed E-state index contributed by atoms with van der Waals surface area (Å²) in [5, 5.41) is 17.1. The van der Waals surface area contributed by atoms with Gasteiger partial charge >= 0.3 is 5.97 Å². The molecule has 0 bridgehead atoms. The van der Waals surface area contributed by atoms with E-state index in [9.17, 15) is 4.79 Å². The van der Waals surface area contributed by atoms with Crippen molar-refractivity contribution in [2.45, 2.75) is 0 Å². The topological polar surface area (TPSA) is 79.5 Å². The van der Waals surface area contributed by atoms with E-state index < -0.39 is 12.6 Å². The molecule has 0 unspecified atom stereocenters. The molecular formula is C10H9NO4. The van der Waals surface area contributed by atoms with Gasteiger partial charge in [0.25, 0.3) is 0 Å². The molecule has 0 atom stereocenters. The minimum atomic E-state index is -1.07. The zero-order valence-electron chi connectivity index (χ0n) is 8.06. The Labute approximate surface area is 86.5 Å². The van der Waals surface area contributed by atoms with Gasteiger partial charge in [0.05, 0.1) is 18.7 Å². The van der Waals surface area contributed by atoms with Crippen LogP contribution in [0.15, 0.2) is 18.2 Å².